The number of nitrogen functional groups attached to an aromatic ring is 1. The quantitative estimate of drug-likeness (QED) is 0.614. The molecular weight excluding hydrogens is 276 g/mol. The Morgan fingerprint density at radius 3 is 2.85 bits per heavy atom. The zero-order valence-corrected chi connectivity index (χ0v) is 10.0. The number of aromatic nitrogens is 4. The minimum Gasteiger partial charge on any atom is -0.394 e. The topological polar surface area (TPSA) is 119 Å². The number of halogens is 2. The van der Waals surface area contributed by atoms with Crippen LogP contribution in [0.5, 0.6) is 0 Å². The number of nitrogens with zero attached hydrogens (tertiary/aromatic N) is 4. The smallest absolute Gasteiger partial charge is 0.312 e. The molecule has 2 aromatic rings. The number of nitrogens with two attached hydrogens (primary N) is 1. The number of aliphatic hydroxyl groups is 2. The number of ether oxygens (including phenoxy) is 1. The Labute approximate surface area is 110 Å². The van der Waals surface area contributed by atoms with E-state index in [1.165, 1.54) is 6.33 Å². The highest BCUT2D eigenvalue weighted by Crippen LogP contribution is 2.33. The van der Waals surface area contributed by atoms with E-state index >= 15 is 0 Å². The second-order valence-electron chi connectivity index (χ2n) is 4.38. The van der Waals surface area contributed by atoms with Crippen molar-refractivity contribution >= 4 is 17.0 Å². The Kier molecular flexibility index (Phi) is 3.00. The van der Waals surface area contributed by atoms with E-state index in [-0.39, 0.29) is 17.0 Å². The predicted molar refractivity (Wildman–Crippen MR) is 61.6 cm³/mol. The normalized spacial score (nSPS) is 30.2. The monoisotopic (exact) mass is 287 g/mol. The second-order valence-corrected chi connectivity index (χ2v) is 4.38. The molecule has 1 fully saturated rings. The van der Waals surface area contributed by atoms with Crippen LogP contribution < -0.4 is 5.73 Å². The molecule has 4 N–H and O–H groups in total. The van der Waals surface area contributed by atoms with Crippen LogP contribution in [0.3, 0.4) is 0 Å². The Bertz CT molecular complexity index is 651. The van der Waals surface area contributed by atoms with E-state index in [9.17, 15) is 13.9 Å². The molecule has 0 aromatic carbocycles. The molecule has 0 saturated carbocycles. The van der Waals surface area contributed by atoms with Crippen molar-refractivity contribution in [3.05, 3.63) is 12.4 Å². The Morgan fingerprint density at radius 1 is 1.45 bits per heavy atom. The van der Waals surface area contributed by atoms with Gasteiger partial charge in [0.1, 0.15) is 12.2 Å². The maximum absolute atomic E-state index is 14.0. The van der Waals surface area contributed by atoms with Gasteiger partial charge in [-0.05, 0) is 0 Å². The third kappa shape index (κ3) is 1.80. The first-order valence-corrected chi connectivity index (χ1v) is 5.77. The van der Waals surface area contributed by atoms with Gasteiger partial charge in [0.2, 0.25) is 0 Å². The van der Waals surface area contributed by atoms with Crippen LogP contribution in [0.15, 0.2) is 6.33 Å². The molecule has 20 heavy (non-hydrogen) atoms. The first-order valence-electron chi connectivity index (χ1n) is 5.77. The molecule has 4 atom stereocenters. The van der Waals surface area contributed by atoms with Crippen LogP contribution in [0.25, 0.3) is 11.2 Å². The summed E-state index contributed by atoms with van der Waals surface area (Å²) in [6.45, 7) is -0.545. The molecule has 2 aromatic heterocycles. The number of fused-ring (bicyclic) bond motifs is 1. The van der Waals surface area contributed by atoms with E-state index in [1.807, 2.05) is 0 Å². The van der Waals surface area contributed by atoms with E-state index < -0.39 is 37.3 Å². The number of rotatable bonds is 2. The minimum absolute atomic E-state index is 0.0477. The molecule has 0 amide bonds. The van der Waals surface area contributed by atoms with Crippen molar-refractivity contribution in [2.45, 2.75) is 24.6 Å². The van der Waals surface area contributed by atoms with Gasteiger partial charge in [-0.3, -0.25) is 4.57 Å². The molecule has 8 nitrogen and oxygen atoms in total. The first-order chi connectivity index (χ1) is 9.52. The number of alkyl halides is 1. The summed E-state index contributed by atoms with van der Waals surface area (Å²) in [6, 6.07) is 0. The highest BCUT2D eigenvalue weighted by Gasteiger charge is 2.45. The van der Waals surface area contributed by atoms with Crippen molar-refractivity contribution in [2.24, 2.45) is 0 Å². The lowest BCUT2D eigenvalue weighted by Gasteiger charge is -2.14. The highest BCUT2D eigenvalue weighted by molar-refractivity contribution is 5.81. The van der Waals surface area contributed by atoms with E-state index in [1.54, 1.807) is 0 Å². The molecular formula is C10H11F2N5O3. The first kappa shape index (κ1) is 13.1. The van der Waals surface area contributed by atoms with Gasteiger partial charge in [0.25, 0.3) is 0 Å². The molecule has 1 aliphatic heterocycles. The molecule has 0 spiro atoms. The van der Waals surface area contributed by atoms with Crippen LogP contribution in [-0.2, 0) is 4.74 Å². The fourth-order valence-corrected chi connectivity index (χ4v) is 2.18. The molecule has 0 bridgehead atoms. The Hall–Kier alpha value is -1.91. The summed E-state index contributed by atoms with van der Waals surface area (Å²) in [6.07, 6.45) is -5.57. The van der Waals surface area contributed by atoms with Crippen LogP contribution >= 0.6 is 0 Å². The van der Waals surface area contributed by atoms with Crippen LogP contribution in [-0.4, -0.2) is 54.7 Å². The number of aliphatic hydroxyl groups excluding tert-OH is 2. The Morgan fingerprint density at radius 2 is 2.20 bits per heavy atom. The third-order valence-corrected chi connectivity index (χ3v) is 3.17. The molecule has 108 valence electrons. The summed E-state index contributed by atoms with van der Waals surface area (Å²) in [5, 5.41) is 18.6. The summed E-state index contributed by atoms with van der Waals surface area (Å²) in [5.74, 6) is -0.182. The maximum Gasteiger partial charge on any atom is 0.312 e. The van der Waals surface area contributed by atoms with Crippen LogP contribution in [0.1, 0.15) is 6.23 Å². The zero-order valence-electron chi connectivity index (χ0n) is 10.0. The number of hydrogen-bond acceptors (Lipinski definition) is 7. The van der Waals surface area contributed by atoms with Gasteiger partial charge < -0.3 is 20.7 Å². The lowest BCUT2D eigenvalue weighted by atomic mass is 10.1. The minimum atomic E-state index is -1.82. The van der Waals surface area contributed by atoms with Crippen molar-refractivity contribution in [1.29, 1.82) is 0 Å². The van der Waals surface area contributed by atoms with Gasteiger partial charge in [-0.15, -0.1) is 0 Å². The summed E-state index contributed by atoms with van der Waals surface area (Å²) in [4.78, 5) is 10.7. The average molecular weight is 287 g/mol. The van der Waals surface area contributed by atoms with Crippen molar-refractivity contribution in [3.8, 4) is 0 Å². The average Bonchev–Trinajstić information content (AvgIpc) is 2.93. The van der Waals surface area contributed by atoms with Gasteiger partial charge in [0, 0.05) is 0 Å². The number of hydrogen-bond donors (Lipinski definition) is 3. The van der Waals surface area contributed by atoms with E-state index in [0.717, 1.165) is 4.57 Å². The van der Waals surface area contributed by atoms with Gasteiger partial charge in [-0.25, -0.2) is 9.37 Å². The van der Waals surface area contributed by atoms with Crippen LogP contribution in [0.2, 0.25) is 0 Å². The molecule has 10 heteroatoms. The van der Waals surface area contributed by atoms with Gasteiger partial charge in [-0.1, -0.05) is 0 Å². The zero-order chi connectivity index (χ0) is 14.4. The Balaban J connectivity index is 2.07. The molecule has 3 heterocycles. The van der Waals surface area contributed by atoms with Crippen molar-refractivity contribution < 1.29 is 23.7 Å². The van der Waals surface area contributed by atoms with Crippen molar-refractivity contribution in [3.63, 3.8) is 0 Å². The third-order valence-electron chi connectivity index (χ3n) is 3.17. The number of anilines is 1. The lowest BCUT2D eigenvalue weighted by Crippen LogP contribution is -2.30. The molecule has 1 saturated heterocycles. The molecule has 3 rings (SSSR count). The van der Waals surface area contributed by atoms with Crippen LogP contribution in [0.4, 0.5) is 14.6 Å². The fraction of sp³-hybridized carbons (Fsp3) is 0.500. The van der Waals surface area contributed by atoms with Gasteiger partial charge >= 0.3 is 6.08 Å². The number of imidazole rings is 1. The highest BCUT2D eigenvalue weighted by atomic mass is 19.1. The van der Waals surface area contributed by atoms with Gasteiger partial charge in [0.05, 0.1) is 12.9 Å². The van der Waals surface area contributed by atoms with E-state index in [2.05, 4.69) is 15.0 Å². The summed E-state index contributed by atoms with van der Waals surface area (Å²) >= 11 is 0. The fourth-order valence-electron chi connectivity index (χ4n) is 2.18. The largest absolute Gasteiger partial charge is 0.394 e. The summed E-state index contributed by atoms with van der Waals surface area (Å²) in [7, 11) is 0. The lowest BCUT2D eigenvalue weighted by molar-refractivity contribution is -0.0459. The van der Waals surface area contributed by atoms with Gasteiger partial charge in [-0.2, -0.15) is 14.4 Å². The summed E-state index contributed by atoms with van der Waals surface area (Å²) in [5.41, 5.74) is 5.55. The molecule has 0 aliphatic carbocycles. The molecule has 1 aliphatic rings. The van der Waals surface area contributed by atoms with E-state index in [0.29, 0.717) is 0 Å². The van der Waals surface area contributed by atoms with Crippen LogP contribution in [0, 0.1) is 6.08 Å². The maximum atomic E-state index is 14.0. The molecule has 0 radical (unpaired) electrons. The van der Waals surface area contributed by atoms with Crippen molar-refractivity contribution in [2.75, 3.05) is 12.3 Å². The SMILES string of the molecule is Nc1nc(F)nc2c1ncn2[C@@H]1O[C@H](CO)[C@@H](O)C1F. The van der Waals surface area contributed by atoms with Gasteiger partial charge in [0.15, 0.2) is 29.4 Å². The van der Waals surface area contributed by atoms with E-state index in [4.69, 9.17) is 15.6 Å². The standard InChI is InChI=1S/C10H11F2N5O3/c11-4-6(19)3(1-18)20-9(4)17-2-14-5-7(13)15-10(12)16-8(5)17/h2-4,6,9,18-19H,1H2,(H2,13,15,16)/t3-,4?,6-,9-/m1/s1. The second kappa shape index (κ2) is 4.58. The summed E-state index contributed by atoms with van der Waals surface area (Å²) < 4.78 is 33.5. The van der Waals surface area contributed by atoms with Crippen molar-refractivity contribution in [1.82, 2.24) is 19.5 Å². The predicted octanol–water partition coefficient (Wildman–Crippen LogP) is -0.864. The molecule has 1 unspecified atom stereocenters.